The van der Waals surface area contributed by atoms with Crippen LogP contribution in [0.25, 0.3) is 11.1 Å². The third-order valence-electron chi connectivity index (χ3n) is 2.13. The average Bonchev–Trinajstić information content (AvgIpc) is 2.32. The molecule has 0 spiro atoms. The molecule has 0 N–H and O–H groups in total. The Kier molecular flexibility index (Phi) is 3.28. The Morgan fingerprint density at radius 2 is 1.88 bits per heavy atom. The third kappa shape index (κ3) is 2.55. The molecule has 2 aromatic heterocycles. The van der Waals surface area contributed by atoms with Crippen LogP contribution in [0.15, 0.2) is 30.6 Å². The van der Waals surface area contributed by atoms with Gasteiger partial charge in [-0.15, -0.1) is 0 Å². The van der Waals surface area contributed by atoms with E-state index in [1.165, 1.54) is 18.3 Å². The second-order valence-corrected chi connectivity index (χ2v) is 3.70. The Hall–Kier alpha value is -1.62. The molecule has 0 bridgehead atoms. The minimum atomic E-state index is -2.65. The summed E-state index contributed by atoms with van der Waals surface area (Å²) in [5.41, 5.74) is 0.122. The molecule has 17 heavy (non-hydrogen) atoms. The van der Waals surface area contributed by atoms with Crippen molar-refractivity contribution in [3.8, 4) is 11.1 Å². The SMILES string of the molecule is Fc1ncc(Cl)cc1-c1ccc(C(F)F)nc1. The van der Waals surface area contributed by atoms with Gasteiger partial charge in [-0.05, 0) is 12.1 Å². The van der Waals surface area contributed by atoms with Crippen molar-refractivity contribution < 1.29 is 13.2 Å². The molecule has 0 aliphatic rings. The fraction of sp³-hybridized carbons (Fsp3) is 0.0909. The van der Waals surface area contributed by atoms with E-state index in [-0.39, 0.29) is 16.3 Å². The van der Waals surface area contributed by atoms with Crippen molar-refractivity contribution in [2.24, 2.45) is 0 Å². The summed E-state index contributed by atoms with van der Waals surface area (Å²) >= 11 is 5.68. The number of pyridine rings is 2. The predicted octanol–water partition coefficient (Wildman–Crippen LogP) is 3.87. The average molecular weight is 259 g/mol. The molecule has 0 aliphatic carbocycles. The maximum Gasteiger partial charge on any atom is 0.280 e. The number of alkyl halides is 2. The van der Waals surface area contributed by atoms with Crippen LogP contribution in [0.1, 0.15) is 12.1 Å². The van der Waals surface area contributed by atoms with Gasteiger partial charge in [0.15, 0.2) is 0 Å². The number of hydrogen-bond donors (Lipinski definition) is 0. The van der Waals surface area contributed by atoms with Gasteiger partial charge >= 0.3 is 0 Å². The van der Waals surface area contributed by atoms with E-state index in [4.69, 9.17) is 11.6 Å². The standard InChI is InChI=1S/C11H6ClF3N2/c12-7-3-8(11(15)17-5-7)6-1-2-9(10(13)14)16-4-6/h1-5,10H. The summed E-state index contributed by atoms with van der Waals surface area (Å²) in [5.74, 6) is -0.721. The van der Waals surface area contributed by atoms with E-state index < -0.39 is 12.4 Å². The van der Waals surface area contributed by atoms with Crippen molar-refractivity contribution >= 4 is 11.6 Å². The summed E-state index contributed by atoms with van der Waals surface area (Å²) in [6.07, 6.45) is -0.314. The molecule has 6 heteroatoms. The monoisotopic (exact) mass is 258 g/mol. The highest BCUT2D eigenvalue weighted by atomic mass is 35.5. The molecule has 0 atom stereocenters. The van der Waals surface area contributed by atoms with Gasteiger partial charge in [-0.3, -0.25) is 4.98 Å². The molecule has 2 rings (SSSR count). The zero-order valence-corrected chi connectivity index (χ0v) is 9.13. The molecule has 0 saturated heterocycles. The van der Waals surface area contributed by atoms with E-state index in [2.05, 4.69) is 9.97 Å². The fourth-order valence-electron chi connectivity index (χ4n) is 1.32. The normalized spacial score (nSPS) is 10.9. The molecular formula is C11H6ClF3N2. The number of hydrogen-bond acceptors (Lipinski definition) is 2. The van der Waals surface area contributed by atoms with Gasteiger partial charge in [-0.2, -0.15) is 4.39 Å². The lowest BCUT2D eigenvalue weighted by molar-refractivity contribution is 0.146. The molecule has 0 fully saturated rings. The van der Waals surface area contributed by atoms with Crippen LogP contribution in [-0.4, -0.2) is 9.97 Å². The lowest BCUT2D eigenvalue weighted by Crippen LogP contribution is -1.92. The molecular weight excluding hydrogens is 253 g/mol. The van der Waals surface area contributed by atoms with E-state index in [1.54, 1.807) is 0 Å². The van der Waals surface area contributed by atoms with E-state index in [9.17, 15) is 13.2 Å². The molecule has 0 aliphatic heterocycles. The maximum atomic E-state index is 13.4. The molecule has 2 nitrogen and oxygen atoms in total. The van der Waals surface area contributed by atoms with Crippen molar-refractivity contribution in [2.45, 2.75) is 6.43 Å². The molecule has 88 valence electrons. The Bertz CT molecular complexity index is 529. The van der Waals surface area contributed by atoms with Gasteiger partial charge in [-0.1, -0.05) is 17.7 Å². The lowest BCUT2D eigenvalue weighted by Gasteiger charge is -2.04. The minimum Gasteiger partial charge on any atom is -0.255 e. The van der Waals surface area contributed by atoms with Crippen molar-refractivity contribution in [1.29, 1.82) is 0 Å². The topological polar surface area (TPSA) is 25.8 Å². The highest BCUT2D eigenvalue weighted by Crippen LogP contribution is 2.25. The number of halogens is 4. The largest absolute Gasteiger partial charge is 0.280 e. The summed E-state index contributed by atoms with van der Waals surface area (Å²) in [4.78, 5) is 6.98. The van der Waals surface area contributed by atoms with Crippen molar-refractivity contribution in [1.82, 2.24) is 9.97 Å². The maximum absolute atomic E-state index is 13.4. The van der Waals surface area contributed by atoms with E-state index >= 15 is 0 Å². The number of rotatable bonds is 2. The van der Waals surface area contributed by atoms with E-state index in [1.807, 2.05) is 0 Å². The van der Waals surface area contributed by atoms with Gasteiger partial charge in [0.25, 0.3) is 6.43 Å². The summed E-state index contributed by atoms with van der Waals surface area (Å²) in [5, 5.41) is 0.263. The summed E-state index contributed by atoms with van der Waals surface area (Å²) in [6.45, 7) is 0. The number of aromatic nitrogens is 2. The minimum absolute atomic E-state index is 0.130. The Balaban J connectivity index is 2.43. The lowest BCUT2D eigenvalue weighted by atomic mass is 10.1. The highest BCUT2D eigenvalue weighted by Gasteiger charge is 2.11. The van der Waals surface area contributed by atoms with E-state index in [0.29, 0.717) is 5.56 Å². The first kappa shape index (κ1) is 11.9. The smallest absolute Gasteiger partial charge is 0.255 e. The van der Waals surface area contributed by atoms with Crippen LogP contribution in [0.3, 0.4) is 0 Å². The van der Waals surface area contributed by atoms with Gasteiger partial charge in [0.05, 0.1) is 5.02 Å². The van der Waals surface area contributed by atoms with Gasteiger partial charge in [0, 0.05) is 23.5 Å². The molecule has 0 unspecified atom stereocenters. The van der Waals surface area contributed by atoms with Gasteiger partial charge in [0.2, 0.25) is 5.95 Å². The van der Waals surface area contributed by atoms with Crippen LogP contribution in [0.2, 0.25) is 5.02 Å². The van der Waals surface area contributed by atoms with Crippen LogP contribution in [0, 0.1) is 5.95 Å². The quantitative estimate of drug-likeness (QED) is 0.764. The van der Waals surface area contributed by atoms with Crippen LogP contribution in [0.4, 0.5) is 13.2 Å². The first-order valence-electron chi connectivity index (χ1n) is 4.63. The Morgan fingerprint density at radius 1 is 1.12 bits per heavy atom. The summed E-state index contributed by atoms with van der Waals surface area (Å²) < 4.78 is 37.9. The molecule has 0 saturated carbocycles. The van der Waals surface area contributed by atoms with Crippen LogP contribution in [-0.2, 0) is 0 Å². The van der Waals surface area contributed by atoms with Crippen LogP contribution < -0.4 is 0 Å². The van der Waals surface area contributed by atoms with E-state index in [0.717, 1.165) is 12.3 Å². The molecule has 0 aromatic carbocycles. The predicted molar refractivity (Wildman–Crippen MR) is 57.4 cm³/mol. The van der Waals surface area contributed by atoms with Crippen LogP contribution in [0.5, 0.6) is 0 Å². The van der Waals surface area contributed by atoms with Crippen LogP contribution >= 0.6 is 11.6 Å². The third-order valence-corrected chi connectivity index (χ3v) is 2.33. The summed E-state index contributed by atoms with van der Waals surface area (Å²) in [7, 11) is 0. The first-order valence-corrected chi connectivity index (χ1v) is 5.01. The second-order valence-electron chi connectivity index (χ2n) is 3.26. The van der Waals surface area contributed by atoms with Gasteiger partial charge in [0.1, 0.15) is 5.69 Å². The van der Waals surface area contributed by atoms with Gasteiger partial charge in [-0.25, -0.2) is 13.8 Å². The van der Waals surface area contributed by atoms with Crippen molar-refractivity contribution in [2.75, 3.05) is 0 Å². The molecule has 2 aromatic rings. The molecule has 0 amide bonds. The zero-order chi connectivity index (χ0) is 12.4. The zero-order valence-electron chi connectivity index (χ0n) is 8.37. The first-order chi connectivity index (χ1) is 8.08. The van der Waals surface area contributed by atoms with Crippen molar-refractivity contribution in [3.63, 3.8) is 0 Å². The Morgan fingerprint density at radius 3 is 2.47 bits per heavy atom. The highest BCUT2D eigenvalue weighted by molar-refractivity contribution is 6.30. The number of nitrogens with zero attached hydrogens (tertiary/aromatic N) is 2. The second kappa shape index (κ2) is 4.71. The molecule has 0 radical (unpaired) electrons. The summed E-state index contributed by atoms with van der Waals surface area (Å²) in [6, 6.07) is 3.86. The molecule has 2 heterocycles. The van der Waals surface area contributed by atoms with Crippen molar-refractivity contribution in [3.05, 3.63) is 47.3 Å². The van der Waals surface area contributed by atoms with Gasteiger partial charge < -0.3 is 0 Å². The Labute approximate surface area is 100 Å². The fourth-order valence-corrected chi connectivity index (χ4v) is 1.48.